The number of fused-ring (bicyclic) bond motifs is 5. The lowest BCUT2D eigenvalue weighted by Crippen LogP contribution is -2.51. The SMILES string of the molecule is C[C@]12C=CC(=O)C=C1CC[C@@H]1[C@@H]2CC[C@@]2(C)[C@H]1CC[C@]2(C)C#N. The van der Waals surface area contributed by atoms with Gasteiger partial charge in [0.1, 0.15) is 0 Å². The van der Waals surface area contributed by atoms with Gasteiger partial charge in [0.05, 0.1) is 11.5 Å². The van der Waals surface area contributed by atoms with Crippen LogP contribution < -0.4 is 0 Å². The molecule has 0 amide bonds. The van der Waals surface area contributed by atoms with Gasteiger partial charge >= 0.3 is 0 Å². The minimum absolute atomic E-state index is 0.0732. The molecular weight excluding hydrogens is 282 g/mol. The highest BCUT2D eigenvalue weighted by Gasteiger charge is 2.62. The number of nitrogens with zero attached hydrogens (tertiary/aromatic N) is 1. The molecule has 23 heavy (non-hydrogen) atoms. The molecule has 6 atom stereocenters. The lowest BCUT2D eigenvalue weighted by Gasteiger charge is -2.57. The number of nitriles is 1. The van der Waals surface area contributed by atoms with E-state index in [0.717, 1.165) is 19.3 Å². The fraction of sp³-hybridized carbons (Fsp3) is 0.714. The van der Waals surface area contributed by atoms with Gasteiger partial charge in [0.2, 0.25) is 0 Å². The van der Waals surface area contributed by atoms with E-state index in [1.54, 1.807) is 6.08 Å². The molecule has 0 aromatic heterocycles. The third-order valence-corrected chi connectivity index (χ3v) is 8.41. The molecule has 0 aromatic rings. The second-order valence-electron chi connectivity index (χ2n) is 9.04. The Morgan fingerprint density at radius 2 is 1.87 bits per heavy atom. The average Bonchev–Trinajstić information content (AvgIpc) is 2.80. The first-order valence-corrected chi connectivity index (χ1v) is 9.20. The molecule has 0 N–H and O–H groups in total. The highest BCUT2D eigenvalue weighted by atomic mass is 16.1. The third kappa shape index (κ3) is 1.77. The Balaban J connectivity index is 1.72. The third-order valence-electron chi connectivity index (χ3n) is 8.41. The molecule has 2 nitrogen and oxygen atoms in total. The van der Waals surface area contributed by atoms with Crippen molar-refractivity contribution in [2.75, 3.05) is 0 Å². The molecule has 0 spiro atoms. The summed E-state index contributed by atoms with van der Waals surface area (Å²) in [6.07, 6.45) is 12.8. The van der Waals surface area contributed by atoms with Crippen LogP contribution in [0.2, 0.25) is 0 Å². The quantitative estimate of drug-likeness (QED) is 0.643. The van der Waals surface area contributed by atoms with Crippen molar-refractivity contribution in [1.29, 1.82) is 5.26 Å². The van der Waals surface area contributed by atoms with Crippen LogP contribution in [0.25, 0.3) is 0 Å². The summed E-state index contributed by atoms with van der Waals surface area (Å²) in [4.78, 5) is 11.8. The lowest BCUT2D eigenvalue weighted by atomic mass is 9.46. The van der Waals surface area contributed by atoms with Crippen molar-refractivity contribution >= 4 is 5.78 Å². The summed E-state index contributed by atoms with van der Waals surface area (Å²) in [5.74, 6) is 2.19. The summed E-state index contributed by atoms with van der Waals surface area (Å²) in [7, 11) is 0. The van der Waals surface area contributed by atoms with Gasteiger partial charge in [-0.15, -0.1) is 0 Å². The van der Waals surface area contributed by atoms with Crippen molar-refractivity contribution in [1.82, 2.24) is 0 Å². The average molecular weight is 309 g/mol. The van der Waals surface area contributed by atoms with Gasteiger partial charge < -0.3 is 0 Å². The molecule has 0 aromatic carbocycles. The van der Waals surface area contributed by atoms with Crippen LogP contribution in [0.5, 0.6) is 0 Å². The number of allylic oxidation sites excluding steroid dienone is 4. The van der Waals surface area contributed by atoms with Crippen LogP contribution in [0, 0.1) is 45.3 Å². The number of carbonyl (C=O) groups excluding carboxylic acids is 1. The summed E-state index contributed by atoms with van der Waals surface area (Å²) in [6, 6.07) is 2.68. The van der Waals surface area contributed by atoms with Crippen LogP contribution in [0.15, 0.2) is 23.8 Å². The van der Waals surface area contributed by atoms with Gasteiger partial charge in [-0.05, 0) is 80.8 Å². The first-order valence-electron chi connectivity index (χ1n) is 9.20. The van der Waals surface area contributed by atoms with Crippen molar-refractivity contribution in [3.63, 3.8) is 0 Å². The Labute approximate surface area is 139 Å². The zero-order valence-electron chi connectivity index (χ0n) is 14.6. The van der Waals surface area contributed by atoms with Gasteiger partial charge in [0.25, 0.3) is 0 Å². The highest BCUT2D eigenvalue weighted by Crippen LogP contribution is 2.69. The molecule has 4 aliphatic carbocycles. The monoisotopic (exact) mass is 309 g/mol. The maximum absolute atomic E-state index is 11.8. The molecule has 0 saturated heterocycles. The molecular formula is C21H27NO. The summed E-state index contributed by atoms with van der Waals surface area (Å²) >= 11 is 0. The van der Waals surface area contributed by atoms with E-state index in [9.17, 15) is 10.1 Å². The Kier molecular flexibility index (Phi) is 3.03. The van der Waals surface area contributed by atoms with Crippen molar-refractivity contribution in [3.05, 3.63) is 23.8 Å². The van der Waals surface area contributed by atoms with Crippen LogP contribution in [-0.2, 0) is 4.79 Å². The largest absolute Gasteiger partial charge is 0.290 e. The molecule has 0 unspecified atom stereocenters. The zero-order chi connectivity index (χ0) is 16.5. The van der Waals surface area contributed by atoms with Gasteiger partial charge in [-0.3, -0.25) is 4.79 Å². The van der Waals surface area contributed by atoms with Gasteiger partial charge in [-0.1, -0.05) is 25.5 Å². The van der Waals surface area contributed by atoms with E-state index in [-0.39, 0.29) is 22.0 Å². The fourth-order valence-electron chi connectivity index (χ4n) is 6.65. The molecule has 4 aliphatic rings. The summed E-state index contributed by atoms with van der Waals surface area (Å²) in [5.41, 5.74) is 1.45. The summed E-state index contributed by atoms with van der Waals surface area (Å²) in [6.45, 7) is 6.93. The van der Waals surface area contributed by atoms with E-state index in [2.05, 4.69) is 32.9 Å². The fourth-order valence-corrected chi connectivity index (χ4v) is 6.65. The molecule has 0 aliphatic heterocycles. The number of ketones is 1. The molecule has 0 heterocycles. The van der Waals surface area contributed by atoms with Gasteiger partial charge in [0, 0.05) is 5.41 Å². The van der Waals surface area contributed by atoms with E-state index in [4.69, 9.17) is 0 Å². The molecule has 0 radical (unpaired) electrons. The van der Waals surface area contributed by atoms with Crippen LogP contribution >= 0.6 is 0 Å². The van der Waals surface area contributed by atoms with E-state index < -0.39 is 0 Å². The van der Waals surface area contributed by atoms with Crippen LogP contribution in [-0.4, -0.2) is 5.78 Å². The standard InChI is InChI=1S/C21H27NO/c1-19(13-22)9-7-18-16-5-4-14-12-15(23)6-10-20(14,2)17(16)8-11-21(18,19)3/h6,10,12,16-18H,4-5,7-9,11H2,1-3H3/t16-,17+,18+,19-,20+,21+/m1/s1. The van der Waals surface area contributed by atoms with E-state index in [1.165, 1.54) is 24.8 Å². The summed E-state index contributed by atoms with van der Waals surface area (Å²) < 4.78 is 0. The molecule has 0 bridgehead atoms. The molecule has 4 rings (SSSR count). The second-order valence-corrected chi connectivity index (χ2v) is 9.04. The first kappa shape index (κ1) is 15.2. The number of hydrogen-bond donors (Lipinski definition) is 0. The Morgan fingerprint density at radius 1 is 1.13 bits per heavy atom. The van der Waals surface area contributed by atoms with Crippen molar-refractivity contribution in [2.45, 2.75) is 59.3 Å². The van der Waals surface area contributed by atoms with Gasteiger partial charge in [-0.2, -0.15) is 5.26 Å². The maximum Gasteiger partial charge on any atom is 0.178 e. The zero-order valence-corrected chi connectivity index (χ0v) is 14.6. The van der Waals surface area contributed by atoms with Crippen molar-refractivity contribution in [2.24, 2.45) is 34.0 Å². The Hall–Kier alpha value is -1.36. The Bertz CT molecular complexity index is 668. The second kappa shape index (κ2) is 4.59. The van der Waals surface area contributed by atoms with Crippen LogP contribution in [0.3, 0.4) is 0 Å². The molecule has 3 saturated carbocycles. The predicted octanol–water partition coefficient (Wildman–Crippen LogP) is 4.82. The smallest absolute Gasteiger partial charge is 0.178 e. The number of rotatable bonds is 0. The first-order chi connectivity index (χ1) is 10.8. The number of carbonyl (C=O) groups is 1. The number of hydrogen-bond acceptors (Lipinski definition) is 2. The molecule has 122 valence electrons. The lowest BCUT2D eigenvalue weighted by molar-refractivity contribution is -0.111. The van der Waals surface area contributed by atoms with Crippen molar-refractivity contribution in [3.8, 4) is 6.07 Å². The van der Waals surface area contributed by atoms with Gasteiger partial charge in [-0.25, -0.2) is 0 Å². The van der Waals surface area contributed by atoms with E-state index in [1.807, 2.05) is 6.08 Å². The highest BCUT2D eigenvalue weighted by molar-refractivity contribution is 6.01. The maximum atomic E-state index is 11.8. The Morgan fingerprint density at radius 3 is 2.61 bits per heavy atom. The topological polar surface area (TPSA) is 40.9 Å². The van der Waals surface area contributed by atoms with Crippen LogP contribution in [0.1, 0.15) is 59.3 Å². The summed E-state index contributed by atoms with van der Waals surface area (Å²) in [5, 5.41) is 9.78. The van der Waals surface area contributed by atoms with E-state index in [0.29, 0.717) is 17.8 Å². The van der Waals surface area contributed by atoms with Gasteiger partial charge in [0.15, 0.2) is 5.78 Å². The minimum atomic E-state index is -0.155. The van der Waals surface area contributed by atoms with E-state index >= 15 is 0 Å². The molecule has 2 heteroatoms. The van der Waals surface area contributed by atoms with Crippen molar-refractivity contribution < 1.29 is 4.79 Å². The molecule has 3 fully saturated rings. The normalized spacial score (nSPS) is 51.3. The van der Waals surface area contributed by atoms with Crippen LogP contribution in [0.4, 0.5) is 0 Å². The minimum Gasteiger partial charge on any atom is -0.290 e. The predicted molar refractivity (Wildman–Crippen MR) is 90.3 cm³/mol.